The van der Waals surface area contributed by atoms with Crippen LogP contribution >= 0.6 is 0 Å². The first-order chi connectivity index (χ1) is 20.3. The first-order valence-electron chi connectivity index (χ1n) is 12.6. The summed E-state index contributed by atoms with van der Waals surface area (Å²) in [4.78, 5) is 28.8. The number of benzene rings is 3. The van der Waals surface area contributed by atoms with Gasteiger partial charge in [0.25, 0.3) is 17.5 Å². The van der Waals surface area contributed by atoms with Crippen molar-refractivity contribution in [2.24, 2.45) is 0 Å². The van der Waals surface area contributed by atoms with E-state index in [4.69, 9.17) is 25.5 Å². The molecule has 2 amide bonds. The third kappa shape index (κ3) is 8.13. The van der Waals surface area contributed by atoms with Gasteiger partial charge in [-0.2, -0.15) is 5.26 Å². The molecule has 0 saturated heterocycles. The molecule has 3 aromatic carbocycles. The van der Waals surface area contributed by atoms with E-state index in [1.54, 1.807) is 42.5 Å². The summed E-state index contributed by atoms with van der Waals surface area (Å²) >= 11 is 0. The predicted molar refractivity (Wildman–Crippen MR) is 157 cm³/mol. The van der Waals surface area contributed by atoms with Crippen LogP contribution in [-0.4, -0.2) is 40.3 Å². The largest absolute Gasteiger partial charge is 0.493 e. The SMILES string of the molecule is [C-]#[N+]C(=Cc1ccc(OC)c(OC)c1)C(=O)NCc1cccc(CNC(=O)C(C#N)=Cc2ccc(OC)c(OC)c2)c1. The Morgan fingerprint density at radius 3 is 1.74 bits per heavy atom. The Hall–Kier alpha value is -5.74. The molecule has 0 fully saturated rings. The van der Waals surface area contributed by atoms with Crippen molar-refractivity contribution in [2.75, 3.05) is 28.4 Å². The summed E-state index contributed by atoms with van der Waals surface area (Å²) in [5.74, 6) is 0.974. The maximum atomic E-state index is 12.7. The van der Waals surface area contributed by atoms with Crippen LogP contribution in [0.4, 0.5) is 0 Å². The molecule has 0 aliphatic carbocycles. The fourth-order valence-electron chi connectivity index (χ4n) is 3.91. The van der Waals surface area contributed by atoms with Gasteiger partial charge in [-0.1, -0.05) is 36.4 Å². The van der Waals surface area contributed by atoms with Crippen molar-refractivity contribution in [2.45, 2.75) is 13.1 Å². The van der Waals surface area contributed by atoms with E-state index in [9.17, 15) is 14.9 Å². The Kier molecular flexibility index (Phi) is 11.1. The minimum atomic E-state index is -0.534. The van der Waals surface area contributed by atoms with E-state index in [2.05, 4.69) is 15.5 Å². The average molecular weight is 567 g/mol. The van der Waals surface area contributed by atoms with E-state index in [-0.39, 0.29) is 24.4 Å². The summed E-state index contributed by atoms with van der Waals surface area (Å²) in [5.41, 5.74) is 2.60. The molecule has 3 rings (SSSR count). The van der Waals surface area contributed by atoms with Gasteiger partial charge in [0.05, 0.1) is 35.0 Å². The molecule has 0 bridgehead atoms. The van der Waals surface area contributed by atoms with Gasteiger partial charge in [-0.25, -0.2) is 4.85 Å². The second kappa shape index (κ2) is 15.2. The van der Waals surface area contributed by atoms with Gasteiger partial charge in [-0.3, -0.25) is 9.59 Å². The number of rotatable bonds is 12. The number of nitrogens with zero attached hydrogens (tertiary/aromatic N) is 2. The van der Waals surface area contributed by atoms with Gasteiger partial charge in [-0.15, -0.1) is 0 Å². The molecule has 0 aliphatic rings. The molecular weight excluding hydrogens is 536 g/mol. The van der Waals surface area contributed by atoms with Gasteiger partial charge in [0.1, 0.15) is 11.6 Å². The standard InChI is InChI=1S/C32H30N4O6/c1-34-26(15-22-10-12-28(40-3)30(17-22)42-5)32(38)36-20-24-8-6-7-23(13-24)19-35-31(37)25(18-33)14-21-9-11-27(39-2)29(16-21)41-4/h6-17H,19-20H2,2-5H3,(H,35,37)(H,36,38). The normalized spacial score (nSPS) is 11.0. The number of nitrogens with one attached hydrogen (secondary N) is 2. The molecule has 0 unspecified atom stereocenters. The summed E-state index contributed by atoms with van der Waals surface area (Å²) in [7, 11) is 6.06. The molecule has 2 N–H and O–H groups in total. The zero-order chi connectivity index (χ0) is 30.5. The third-order valence-electron chi connectivity index (χ3n) is 6.05. The quantitative estimate of drug-likeness (QED) is 0.188. The molecule has 0 aliphatic heterocycles. The number of carbonyl (C=O) groups is 2. The zero-order valence-corrected chi connectivity index (χ0v) is 23.7. The minimum Gasteiger partial charge on any atom is -0.493 e. The Morgan fingerprint density at radius 1 is 0.762 bits per heavy atom. The van der Waals surface area contributed by atoms with Crippen molar-refractivity contribution >= 4 is 24.0 Å². The van der Waals surface area contributed by atoms with Gasteiger partial charge < -0.3 is 29.6 Å². The van der Waals surface area contributed by atoms with Gasteiger partial charge in [-0.05, 0) is 58.7 Å². The molecule has 42 heavy (non-hydrogen) atoms. The summed E-state index contributed by atoms with van der Waals surface area (Å²) in [6, 6.07) is 19.3. The zero-order valence-electron chi connectivity index (χ0n) is 23.7. The highest BCUT2D eigenvalue weighted by molar-refractivity contribution is 6.01. The van der Waals surface area contributed by atoms with Crippen LogP contribution in [0.3, 0.4) is 0 Å². The van der Waals surface area contributed by atoms with Gasteiger partial charge in [0.2, 0.25) is 0 Å². The van der Waals surface area contributed by atoms with Crippen molar-refractivity contribution < 1.29 is 28.5 Å². The van der Waals surface area contributed by atoms with Crippen LogP contribution in [0.1, 0.15) is 22.3 Å². The highest BCUT2D eigenvalue weighted by Gasteiger charge is 2.13. The van der Waals surface area contributed by atoms with Gasteiger partial charge in [0, 0.05) is 13.1 Å². The Bertz CT molecular complexity index is 1480. The monoisotopic (exact) mass is 566 g/mol. The molecule has 0 saturated carbocycles. The molecule has 10 heteroatoms. The molecule has 214 valence electrons. The lowest BCUT2D eigenvalue weighted by molar-refractivity contribution is -0.118. The fourth-order valence-corrected chi connectivity index (χ4v) is 3.91. The minimum absolute atomic E-state index is 0.0708. The van der Waals surface area contributed by atoms with Crippen molar-refractivity contribution in [3.05, 3.63) is 106 Å². The number of hydrogen-bond donors (Lipinski definition) is 2. The van der Waals surface area contributed by atoms with Crippen molar-refractivity contribution in [1.29, 1.82) is 5.26 Å². The number of ether oxygens (including phenoxy) is 4. The summed E-state index contributed by atoms with van der Waals surface area (Å²) < 4.78 is 21.0. The lowest BCUT2D eigenvalue weighted by atomic mass is 10.1. The van der Waals surface area contributed by atoms with Crippen LogP contribution in [0.2, 0.25) is 0 Å². The molecule has 0 spiro atoms. The van der Waals surface area contributed by atoms with Crippen molar-refractivity contribution in [3.8, 4) is 29.1 Å². The number of carbonyl (C=O) groups excluding carboxylic acids is 2. The van der Waals surface area contributed by atoms with E-state index in [0.717, 1.165) is 11.1 Å². The maximum Gasteiger partial charge on any atom is 0.262 e. The molecule has 10 nitrogen and oxygen atoms in total. The van der Waals surface area contributed by atoms with Crippen LogP contribution in [0.25, 0.3) is 17.0 Å². The highest BCUT2D eigenvalue weighted by Crippen LogP contribution is 2.29. The topological polar surface area (TPSA) is 123 Å². The summed E-state index contributed by atoms with van der Waals surface area (Å²) in [6.45, 7) is 7.78. The van der Waals surface area contributed by atoms with E-state index >= 15 is 0 Å². The number of methoxy groups -OCH3 is 4. The highest BCUT2D eigenvalue weighted by atomic mass is 16.5. The Labute approximate surface area is 244 Å². The average Bonchev–Trinajstić information content (AvgIpc) is 3.03. The molecular formula is C32H30N4O6. The molecule has 0 aromatic heterocycles. The Balaban J connectivity index is 1.63. The molecule has 0 heterocycles. The van der Waals surface area contributed by atoms with Gasteiger partial charge in [0.15, 0.2) is 23.0 Å². The van der Waals surface area contributed by atoms with E-state index in [1.165, 1.54) is 40.6 Å². The van der Waals surface area contributed by atoms with Crippen molar-refractivity contribution in [3.63, 3.8) is 0 Å². The molecule has 3 aromatic rings. The van der Waals surface area contributed by atoms with Crippen LogP contribution in [-0.2, 0) is 22.7 Å². The summed E-state index contributed by atoms with van der Waals surface area (Å²) in [5, 5.41) is 15.0. The number of nitriles is 1. The fraction of sp³-hybridized carbons (Fsp3) is 0.188. The van der Waals surface area contributed by atoms with Crippen LogP contribution in [0.5, 0.6) is 23.0 Å². The van der Waals surface area contributed by atoms with Crippen LogP contribution in [0, 0.1) is 17.9 Å². The Morgan fingerprint density at radius 2 is 1.26 bits per heavy atom. The predicted octanol–water partition coefficient (Wildman–Crippen LogP) is 4.52. The first kappa shape index (κ1) is 30.8. The third-order valence-corrected chi connectivity index (χ3v) is 6.05. The van der Waals surface area contributed by atoms with E-state index in [1.807, 2.05) is 24.3 Å². The lowest BCUT2D eigenvalue weighted by Crippen LogP contribution is -2.25. The van der Waals surface area contributed by atoms with Crippen LogP contribution in [0.15, 0.2) is 71.9 Å². The smallest absolute Gasteiger partial charge is 0.262 e. The van der Waals surface area contributed by atoms with Crippen molar-refractivity contribution in [1.82, 2.24) is 10.6 Å². The number of hydrogen-bond acceptors (Lipinski definition) is 7. The second-order valence-corrected chi connectivity index (χ2v) is 8.73. The van der Waals surface area contributed by atoms with Crippen LogP contribution < -0.4 is 29.6 Å². The molecule has 0 atom stereocenters. The van der Waals surface area contributed by atoms with Gasteiger partial charge >= 0.3 is 0 Å². The van der Waals surface area contributed by atoms with E-state index in [0.29, 0.717) is 34.1 Å². The lowest BCUT2D eigenvalue weighted by Gasteiger charge is -2.10. The number of amides is 2. The first-order valence-corrected chi connectivity index (χ1v) is 12.6. The second-order valence-electron chi connectivity index (χ2n) is 8.73. The molecule has 0 radical (unpaired) electrons. The maximum absolute atomic E-state index is 12.7. The summed E-state index contributed by atoms with van der Waals surface area (Å²) in [6.07, 6.45) is 2.94. The van der Waals surface area contributed by atoms with E-state index < -0.39 is 11.8 Å².